The fourth-order valence-electron chi connectivity index (χ4n) is 3.07. The van der Waals surface area contributed by atoms with Gasteiger partial charge >= 0.3 is 6.03 Å². The van der Waals surface area contributed by atoms with Crippen molar-refractivity contribution >= 4 is 17.8 Å². The van der Waals surface area contributed by atoms with Crippen molar-refractivity contribution in [3.05, 3.63) is 71.7 Å². The summed E-state index contributed by atoms with van der Waals surface area (Å²) in [6, 6.07) is 12.1. The van der Waals surface area contributed by atoms with Gasteiger partial charge in [0, 0.05) is 12.7 Å². The molecule has 3 heterocycles. The molecule has 30 heavy (non-hydrogen) atoms. The Morgan fingerprint density at radius 2 is 1.90 bits per heavy atom. The monoisotopic (exact) mass is 405 g/mol. The molecule has 9 heteroatoms. The van der Waals surface area contributed by atoms with Gasteiger partial charge in [-0.2, -0.15) is 0 Å². The van der Waals surface area contributed by atoms with Gasteiger partial charge in [0.05, 0.1) is 25.4 Å². The van der Waals surface area contributed by atoms with Crippen molar-refractivity contribution in [3.8, 4) is 17.2 Å². The molecular formula is C21H19N5O4. The third-order valence-corrected chi connectivity index (χ3v) is 4.62. The van der Waals surface area contributed by atoms with E-state index >= 15 is 0 Å². The van der Waals surface area contributed by atoms with Crippen molar-refractivity contribution in [1.29, 1.82) is 0 Å². The first kappa shape index (κ1) is 19.2. The van der Waals surface area contributed by atoms with E-state index in [1.807, 2.05) is 24.3 Å². The molecule has 4 rings (SSSR count). The van der Waals surface area contributed by atoms with Crippen molar-refractivity contribution in [1.82, 2.24) is 14.9 Å². The first-order valence-electron chi connectivity index (χ1n) is 9.14. The predicted octanol–water partition coefficient (Wildman–Crippen LogP) is 2.92. The number of nitrogens with one attached hydrogen (secondary N) is 1. The molecule has 0 radical (unpaired) electrons. The maximum absolute atomic E-state index is 12.5. The number of ether oxygens (including phenoxy) is 2. The van der Waals surface area contributed by atoms with Gasteiger partial charge in [-0.3, -0.25) is 10.1 Å². The minimum absolute atomic E-state index is 0.150. The number of rotatable bonds is 6. The lowest BCUT2D eigenvalue weighted by Crippen LogP contribution is -2.38. The number of methoxy groups -OCH3 is 1. The smallest absolute Gasteiger partial charge is 0.323 e. The number of hydrogen-bond acceptors (Lipinski definition) is 6. The molecule has 1 aromatic carbocycles. The summed E-state index contributed by atoms with van der Waals surface area (Å²) in [6.45, 7) is 0.738. The van der Waals surface area contributed by atoms with E-state index in [2.05, 4.69) is 15.3 Å². The van der Waals surface area contributed by atoms with E-state index in [1.165, 1.54) is 12.3 Å². The van der Waals surface area contributed by atoms with E-state index in [0.717, 1.165) is 16.9 Å². The molecule has 3 amide bonds. The molecule has 3 aromatic rings. The van der Waals surface area contributed by atoms with Crippen LogP contribution >= 0.6 is 0 Å². The number of urea groups is 1. The number of amides is 3. The largest absolute Gasteiger partial charge is 0.497 e. The Balaban J connectivity index is 1.55. The lowest BCUT2D eigenvalue weighted by molar-refractivity contribution is 0.0995. The summed E-state index contributed by atoms with van der Waals surface area (Å²) in [4.78, 5) is 33.6. The predicted molar refractivity (Wildman–Crippen MR) is 108 cm³/mol. The van der Waals surface area contributed by atoms with E-state index < -0.39 is 5.91 Å². The van der Waals surface area contributed by atoms with Crippen LogP contribution < -0.4 is 20.5 Å². The SMILES string of the molecule is COc1ccc(CN2Cc3c(Oc4ccc(C(N)=O)nc4)ccnc3NC2=O)cc1. The standard InChI is InChI=1S/C21H19N5O4/c1-29-14-4-2-13(3-5-14)11-26-12-16-18(8-9-23-20(16)25-21(26)28)30-15-6-7-17(19(22)27)24-10-15/h2-10H,11-12H2,1H3,(H2,22,27)(H,23,25,28). The van der Waals surface area contributed by atoms with Crippen LogP contribution in [0.3, 0.4) is 0 Å². The minimum Gasteiger partial charge on any atom is -0.497 e. The van der Waals surface area contributed by atoms with Gasteiger partial charge in [-0.15, -0.1) is 0 Å². The lowest BCUT2D eigenvalue weighted by Gasteiger charge is -2.29. The van der Waals surface area contributed by atoms with Crippen molar-refractivity contribution in [2.45, 2.75) is 13.1 Å². The summed E-state index contributed by atoms with van der Waals surface area (Å²) >= 11 is 0. The van der Waals surface area contributed by atoms with Gasteiger partial charge < -0.3 is 20.1 Å². The second-order valence-corrected chi connectivity index (χ2v) is 6.62. The van der Waals surface area contributed by atoms with Crippen molar-refractivity contribution in [2.75, 3.05) is 12.4 Å². The van der Waals surface area contributed by atoms with Crippen molar-refractivity contribution in [2.24, 2.45) is 5.73 Å². The Bertz CT molecular complexity index is 1080. The number of aromatic nitrogens is 2. The van der Waals surface area contributed by atoms with Crippen molar-refractivity contribution in [3.63, 3.8) is 0 Å². The third-order valence-electron chi connectivity index (χ3n) is 4.62. The fourth-order valence-corrected chi connectivity index (χ4v) is 3.07. The number of primary amides is 1. The van der Waals surface area contributed by atoms with Crippen molar-refractivity contribution < 1.29 is 19.1 Å². The molecule has 0 bridgehead atoms. The van der Waals surface area contributed by atoms with Gasteiger partial charge in [0.25, 0.3) is 5.91 Å². The quantitative estimate of drug-likeness (QED) is 0.651. The number of carbonyl (C=O) groups excluding carboxylic acids is 2. The number of hydrogen-bond donors (Lipinski definition) is 2. The minimum atomic E-state index is -0.611. The van der Waals surface area contributed by atoms with Crippen LogP contribution in [0.2, 0.25) is 0 Å². The highest BCUT2D eigenvalue weighted by molar-refractivity contribution is 5.92. The van der Waals surface area contributed by atoms with Crippen LogP contribution in [0.1, 0.15) is 21.6 Å². The normalized spacial score (nSPS) is 12.7. The zero-order valence-electron chi connectivity index (χ0n) is 16.2. The van der Waals surface area contributed by atoms with Crippen LogP contribution in [-0.2, 0) is 13.1 Å². The highest BCUT2D eigenvalue weighted by Gasteiger charge is 2.26. The molecule has 9 nitrogen and oxygen atoms in total. The molecule has 1 aliphatic heterocycles. The lowest BCUT2D eigenvalue weighted by atomic mass is 10.1. The number of anilines is 1. The van der Waals surface area contributed by atoms with Crippen LogP contribution in [-0.4, -0.2) is 33.9 Å². The average Bonchev–Trinajstić information content (AvgIpc) is 2.75. The van der Waals surface area contributed by atoms with E-state index in [4.69, 9.17) is 15.2 Å². The molecular weight excluding hydrogens is 386 g/mol. The Hall–Kier alpha value is -4.14. The molecule has 0 aliphatic carbocycles. The Morgan fingerprint density at radius 3 is 2.57 bits per heavy atom. The zero-order valence-corrected chi connectivity index (χ0v) is 16.2. The summed E-state index contributed by atoms with van der Waals surface area (Å²) in [5.74, 6) is 1.56. The van der Waals surface area contributed by atoms with E-state index in [-0.39, 0.29) is 11.7 Å². The summed E-state index contributed by atoms with van der Waals surface area (Å²) in [5.41, 5.74) is 7.07. The first-order chi connectivity index (χ1) is 14.5. The molecule has 0 unspecified atom stereocenters. The van der Waals surface area contributed by atoms with Gasteiger partial charge in [0.15, 0.2) is 0 Å². The molecule has 0 saturated heterocycles. The molecule has 0 saturated carbocycles. The van der Waals surface area contributed by atoms with Crippen LogP contribution in [0.4, 0.5) is 10.6 Å². The number of fused-ring (bicyclic) bond motifs is 1. The molecule has 1 aliphatic rings. The average molecular weight is 405 g/mol. The zero-order chi connectivity index (χ0) is 21.1. The molecule has 0 spiro atoms. The summed E-state index contributed by atoms with van der Waals surface area (Å²) in [7, 11) is 1.61. The van der Waals surface area contributed by atoms with Gasteiger partial charge in [0.1, 0.15) is 28.8 Å². The Kier molecular flexibility index (Phi) is 5.17. The topological polar surface area (TPSA) is 120 Å². The second kappa shape index (κ2) is 8.08. The van der Waals surface area contributed by atoms with Crippen LogP contribution in [0.5, 0.6) is 17.2 Å². The molecule has 2 aromatic heterocycles. The van der Waals surface area contributed by atoms with E-state index in [9.17, 15) is 9.59 Å². The van der Waals surface area contributed by atoms with E-state index in [0.29, 0.717) is 30.4 Å². The Labute approximate surface area is 172 Å². The Morgan fingerprint density at radius 1 is 1.13 bits per heavy atom. The summed E-state index contributed by atoms with van der Waals surface area (Å²) in [5, 5.41) is 2.80. The van der Waals surface area contributed by atoms with Crippen LogP contribution in [0, 0.1) is 0 Å². The number of benzene rings is 1. The van der Waals surface area contributed by atoms with Gasteiger partial charge in [0.2, 0.25) is 0 Å². The van der Waals surface area contributed by atoms with Crippen LogP contribution in [0.15, 0.2) is 54.9 Å². The summed E-state index contributed by atoms with van der Waals surface area (Å²) < 4.78 is 11.1. The second-order valence-electron chi connectivity index (χ2n) is 6.62. The third kappa shape index (κ3) is 4.00. The first-order valence-corrected chi connectivity index (χ1v) is 9.14. The number of nitrogens with two attached hydrogens (primary N) is 1. The number of nitrogens with zero attached hydrogens (tertiary/aromatic N) is 3. The number of carbonyl (C=O) groups is 2. The molecule has 0 atom stereocenters. The fraction of sp³-hybridized carbons (Fsp3) is 0.143. The maximum Gasteiger partial charge on any atom is 0.323 e. The van der Waals surface area contributed by atoms with E-state index in [1.54, 1.807) is 30.3 Å². The molecule has 0 fully saturated rings. The highest BCUT2D eigenvalue weighted by atomic mass is 16.5. The summed E-state index contributed by atoms with van der Waals surface area (Å²) in [6.07, 6.45) is 2.97. The van der Waals surface area contributed by atoms with Crippen LogP contribution in [0.25, 0.3) is 0 Å². The van der Waals surface area contributed by atoms with Gasteiger partial charge in [-0.1, -0.05) is 12.1 Å². The molecule has 152 valence electrons. The molecule has 3 N–H and O–H groups in total. The maximum atomic E-state index is 12.5. The highest BCUT2D eigenvalue weighted by Crippen LogP contribution is 2.33. The van der Waals surface area contributed by atoms with Gasteiger partial charge in [-0.05, 0) is 35.9 Å². The van der Waals surface area contributed by atoms with Gasteiger partial charge in [-0.25, -0.2) is 14.8 Å². The number of pyridine rings is 2.